The topological polar surface area (TPSA) is 96.0 Å². The van der Waals surface area contributed by atoms with E-state index >= 15 is 0 Å². The first-order valence-electron chi connectivity index (χ1n) is 13.5. The summed E-state index contributed by atoms with van der Waals surface area (Å²) in [4.78, 5) is 28.8. The lowest BCUT2D eigenvalue weighted by Crippen LogP contribution is -2.50. The molecule has 0 radical (unpaired) electrons. The molecule has 0 aliphatic heterocycles. The Morgan fingerprint density at radius 2 is 1.57 bits per heavy atom. The van der Waals surface area contributed by atoms with Crippen LogP contribution in [0.5, 0.6) is 5.75 Å². The van der Waals surface area contributed by atoms with Gasteiger partial charge in [-0.2, -0.15) is 0 Å². The number of benzene rings is 3. The minimum atomic E-state index is -3.60. The van der Waals surface area contributed by atoms with Crippen LogP contribution in [-0.2, 0) is 32.6 Å². The maximum atomic E-state index is 13.8. The van der Waals surface area contributed by atoms with Gasteiger partial charge in [0.1, 0.15) is 11.8 Å². The second-order valence-electron chi connectivity index (χ2n) is 9.64. The molecule has 0 aliphatic carbocycles. The van der Waals surface area contributed by atoms with E-state index in [-0.39, 0.29) is 37.7 Å². The zero-order chi connectivity index (χ0) is 29.0. The first-order valence-corrected chi connectivity index (χ1v) is 15.3. The van der Waals surface area contributed by atoms with Crippen LogP contribution in [0.4, 0.5) is 5.69 Å². The molecule has 0 saturated heterocycles. The maximum Gasteiger partial charge on any atom is 0.243 e. The average molecular weight is 566 g/mol. The molecule has 9 heteroatoms. The van der Waals surface area contributed by atoms with Crippen LogP contribution >= 0.6 is 0 Å². The number of nitrogens with zero attached hydrogens (tertiary/aromatic N) is 2. The SMILES string of the molecule is CCCNC(=O)[C@H](Cc1ccccc1)N(Cc1ccccc1)C(=O)CCCN(c1cccc(OC)c1)S(C)(=O)=O. The summed E-state index contributed by atoms with van der Waals surface area (Å²) in [6, 6.07) is 25.3. The third kappa shape index (κ3) is 9.12. The second-order valence-corrected chi connectivity index (χ2v) is 11.6. The van der Waals surface area contributed by atoms with Gasteiger partial charge in [0, 0.05) is 38.5 Å². The van der Waals surface area contributed by atoms with Crippen LogP contribution in [0.25, 0.3) is 0 Å². The number of anilines is 1. The quantitative estimate of drug-likeness (QED) is 0.295. The van der Waals surface area contributed by atoms with Crippen LogP contribution in [0.3, 0.4) is 0 Å². The summed E-state index contributed by atoms with van der Waals surface area (Å²) in [5.41, 5.74) is 2.33. The minimum absolute atomic E-state index is 0.0785. The maximum absolute atomic E-state index is 13.8. The van der Waals surface area contributed by atoms with Gasteiger partial charge in [-0.05, 0) is 36.1 Å². The molecule has 214 valence electrons. The Kier molecular flexibility index (Phi) is 11.6. The van der Waals surface area contributed by atoms with Crippen molar-refractivity contribution in [1.29, 1.82) is 0 Å². The lowest BCUT2D eigenvalue weighted by molar-refractivity contribution is -0.141. The third-order valence-electron chi connectivity index (χ3n) is 6.51. The van der Waals surface area contributed by atoms with Crippen LogP contribution < -0.4 is 14.4 Å². The van der Waals surface area contributed by atoms with Gasteiger partial charge in [-0.15, -0.1) is 0 Å². The van der Waals surface area contributed by atoms with Crippen LogP contribution in [-0.4, -0.2) is 57.6 Å². The number of amides is 2. The summed E-state index contributed by atoms with van der Waals surface area (Å²) < 4.78 is 31.8. The van der Waals surface area contributed by atoms with Gasteiger partial charge in [-0.1, -0.05) is 73.7 Å². The molecule has 0 heterocycles. The summed E-state index contributed by atoms with van der Waals surface area (Å²) >= 11 is 0. The van der Waals surface area contributed by atoms with E-state index in [1.165, 1.54) is 11.4 Å². The number of sulfonamides is 1. The highest BCUT2D eigenvalue weighted by Crippen LogP contribution is 2.24. The van der Waals surface area contributed by atoms with Crippen LogP contribution in [0.1, 0.15) is 37.3 Å². The van der Waals surface area contributed by atoms with E-state index in [4.69, 9.17) is 4.74 Å². The molecule has 0 aliphatic rings. The van der Waals surface area contributed by atoms with Crippen LogP contribution in [0, 0.1) is 0 Å². The van der Waals surface area contributed by atoms with Gasteiger partial charge in [0.2, 0.25) is 21.8 Å². The van der Waals surface area contributed by atoms with Gasteiger partial charge >= 0.3 is 0 Å². The highest BCUT2D eigenvalue weighted by Gasteiger charge is 2.30. The predicted molar refractivity (Wildman–Crippen MR) is 159 cm³/mol. The van der Waals surface area contributed by atoms with Crippen molar-refractivity contribution in [3.05, 3.63) is 96.1 Å². The van der Waals surface area contributed by atoms with Crippen LogP contribution in [0.15, 0.2) is 84.9 Å². The molecule has 3 aromatic rings. The van der Waals surface area contributed by atoms with Gasteiger partial charge in [-0.25, -0.2) is 8.42 Å². The van der Waals surface area contributed by atoms with E-state index in [2.05, 4.69) is 5.32 Å². The molecule has 3 rings (SSSR count). The summed E-state index contributed by atoms with van der Waals surface area (Å²) in [5, 5.41) is 2.97. The number of carbonyl (C=O) groups excluding carboxylic acids is 2. The molecule has 1 atom stereocenters. The monoisotopic (exact) mass is 565 g/mol. The van der Waals surface area contributed by atoms with Crippen molar-refractivity contribution in [2.24, 2.45) is 0 Å². The molecule has 1 N–H and O–H groups in total. The Morgan fingerprint density at radius 1 is 0.925 bits per heavy atom. The largest absolute Gasteiger partial charge is 0.497 e. The molecular weight excluding hydrogens is 526 g/mol. The molecule has 8 nitrogen and oxygen atoms in total. The number of hydrogen-bond acceptors (Lipinski definition) is 5. The zero-order valence-electron chi connectivity index (χ0n) is 23.5. The van der Waals surface area contributed by atoms with Crippen molar-refractivity contribution < 1.29 is 22.7 Å². The Bertz CT molecular complexity index is 1330. The molecule has 0 saturated carbocycles. The standard InChI is InChI=1S/C31H39N3O5S/c1-4-20-32-31(36)29(22-25-13-7-5-8-14-25)33(24-26-15-9-6-10-16-26)30(35)19-12-21-34(40(3,37)38)27-17-11-18-28(23-27)39-2/h5-11,13-18,23,29H,4,12,19-22,24H2,1-3H3,(H,32,36)/t29-/m0/s1. The number of hydrogen-bond donors (Lipinski definition) is 1. The predicted octanol–water partition coefficient (Wildman–Crippen LogP) is 4.41. The fourth-order valence-electron chi connectivity index (χ4n) is 4.47. The first kappa shape index (κ1) is 30.7. The van der Waals surface area contributed by atoms with Gasteiger partial charge in [0.15, 0.2) is 0 Å². The van der Waals surface area contributed by atoms with E-state index < -0.39 is 16.1 Å². The van der Waals surface area contributed by atoms with Gasteiger partial charge in [0.25, 0.3) is 0 Å². The number of carbonyl (C=O) groups is 2. The molecule has 0 aromatic heterocycles. The van der Waals surface area contributed by atoms with Gasteiger partial charge < -0.3 is 15.0 Å². The van der Waals surface area contributed by atoms with Crippen LogP contribution in [0.2, 0.25) is 0 Å². The number of methoxy groups -OCH3 is 1. The summed E-state index contributed by atoms with van der Waals surface area (Å²) in [7, 11) is -2.08. The average Bonchev–Trinajstić information content (AvgIpc) is 2.96. The lowest BCUT2D eigenvalue weighted by Gasteiger charge is -2.32. The number of ether oxygens (including phenoxy) is 1. The summed E-state index contributed by atoms with van der Waals surface area (Å²) in [5.74, 6) is 0.123. The molecule has 3 aromatic carbocycles. The Balaban J connectivity index is 1.85. The Hall–Kier alpha value is -3.85. The molecule has 2 amide bonds. The lowest BCUT2D eigenvalue weighted by atomic mass is 10.0. The van der Waals surface area contributed by atoms with Crippen molar-refractivity contribution in [3.63, 3.8) is 0 Å². The number of rotatable bonds is 15. The molecule has 0 unspecified atom stereocenters. The highest BCUT2D eigenvalue weighted by atomic mass is 32.2. The fourth-order valence-corrected chi connectivity index (χ4v) is 5.43. The molecule has 0 spiro atoms. The van der Waals surface area contributed by atoms with E-state index in [0.29, 0.717) is 24.4 Å². The van der Waals surface area contributed by atoms with Gasteiger partial charge in [0.05, 0.1) is 19.1 Å². The molecule has 0 fully saturated rings. The Morgan fingerprint density at radius 3 is 2.17 bits per heavy atom. The smallest absolute Gasteiger partial charge is 0.243 e. The van der Waals surface area contributed by atoms with Crippen molar-refractivity contribution in [3.8, 4) is 5.75 Å². The van der Waals surface area contributed by atoms with Crippen molar-refractivity contribution >= 4 is 27.5 Å². The van der Waals surface area contributed by atoms with E-state index in [1.54, 1.807) is 29.2 Å². The minimum Gasteiger partial charge on any atom is -0.497 e. The Labute approximate surface area is 238 Å². The van der Waals surface area contributed by atoms with E-state index in [1.807, 2.05) is 67.6 Å². The van der Waals surface area contributed by atoms with E-state index in [0.717, 1.165) is 23.8 Å². The first-order chi connectivity index (χ1) is 19.2. The molecule has 40 heavy (non-hydrogen) atoms. The third-order valence-corrected chi connectivity index (χ3v) is 7.70. The van der Waals surface area contributed by atoms with Crippen molar-refractivity contribution in [2.45, 2.75) is 45.2 Å². The highest BCUT2D eigenvalue weighted by molar-refractivity contribution is 7.92. The number of nitrogens with one attached hydrogen (secondary N) is 1. The van der Waals surface area contributed by atoms with Gasteiger partial charge in [-0.3, -0.25) is 13.9 Å². The van der Waals surface area contributed by atoms with E-state index in [9.17, 15) is 18.0 Å². The normalized spacial score (nSPS) is 11.9. The summed E-state index contributed by atoms with van der Waals surface area (Å²) in [6.07, 6.45) is 2.65. The summed E-state index contributed by atoms with van der Waals surface area (Å²) in [6.45, 7) is 2.88. The molecular formula is C31H39N3O5S. The zero-order valence-corrected chi connectivity index (χ0v) is 24.3. The fraction of sp³-hybridized carbons (Fsp3) is 0.355. The van der Waals surface area contributed by atoms with Crippen molar-refractivity contribution in [1.82, 2.24) is 10.2 Å². The molecule has 0 bridgehead atoms. The van der Waals surface area contributed by atoms with Crippen molar-refractivity contribution in [2.75, 3.05) is 30.8 Å². The second kappa shape index (κ2) is 15.1.